The molecule has 1 aromatic heterocycles. The molecular weight excluding hydrogens is 224 g/mol. The van der Waals surface area contributed by atoms with Gasteiger partial charge in [-0.05, 0) is 26.0 Å². The van der Waals surface area contributed by atoms with Crippen LogP contribution in [0.5, 0.6) is 0 Å². The van der Waals surface area contributed by atoms with Crippen LogP contribution in [0.15, 0.2) is 24.4 Å². The van der Waals surface area contributed by atoms with Gasteiger partial charge >= 0.3 is 0 Å². The van der Waals surface area contributed by atoms with Crippen molar-refractivity contribution in [1.82, 2.24) is 9.55 Å². The van der Waals surface area contributed by atoms with Crippen molar-refractivity contribution in [2.75, 3.05) is 11.9 Å². The molecule has 0 bridgehead atoms. The highest BCUT2D eigenvalue weighted by molar-refractivity contribution is 5.43. The van der Waals surface area contributed by atoms with E-state index in [0.717, 1.165) is 11.8 Å². The summed E-state index contributed by atoms with van der Waals surface area (Å²) in [5, 5.41) is 3.04. The lowest BCUT2D eigenvalue weighted by Gasteiger charge is -2.08. The fraction of sp³-hybridized carbons (Fsp3) is 0.250. The summed E-state index contributed by atoms with van der Waals surface area (Å²) in [6.45, 7) is 4.45. The van der Waals surface area contributed by atoms with Crippen LogP contribution < -0.4 is 5.32 Å². The molecule has 90 valence electrons. The lowest BCUT2D eigenvalue weighted by Crippen LogP contribution is -2.05. The normalized spacial score (nSPS) is 10.6. The smallest absolute Gasteiger partial charge is 0.207 e. The van der Waals surface area contributed by atoms with Crippen molar-refractivity contribution in [3.63, 3.8) is 0 Å². The number of aromatic nitrogens is 2. The van der Waals surface area contributed by atoms with Gasteiger partial charge in [-0.3, -0.25) is 4.57 Å². The van der Waals surface area contributed by atoms with E-state index in [2.05, 4.69) is 10.3 Å². The van der Waals surface area contributed by atoms with Gasteiger partial charge in [0.1, 0.15) is 11.6 Å². The number of anilines is 1. The molecule has 0 fully saturated rings. The first kappa shape index (κ1) is 11.6. The summed E-state index contributed by atoms with van der Waals surface area (Å²) < 4.78 is 27.9. The number of nitrogens with zero attached hydrogens (tertiary/aromatic N) is 2. The second-order valence-corrected chi connectivity index (χ2v) is 3.73. The first-order valence-electron chi connectivity index (χ1n) is 5.36. The first-order valence-corrected chi connectivity index (χ1v) is 5.36. The van der Waals surface area contributed by atoms with Gasteiger partial charge in [0.2, 0.25) is 5.95 Å². The highest BCUT2D eigenvalue weighted by atomic mass is 19.1. The van der Waals surface area contributed by atoms with Gasteiger partial charge in [-0.15, -0.1) is 0 Å². The van der Waals surface area contributed by atoms with Crippen LogP contribution in [-0.2, 0) is 0 Å². The highest BCUT2D eigenvalue weighted by Crippen LogP contribution is 2.18. The Balaban J connectivity index is 2.51. The van der Waals surface area contributed by atoms with Gasteiger partial charge in [0.15, 0.2) is 0 Å². The average molecular weight is 237 g/mol. The molecule has 0 amide bonds. The SMILES string of the molecule is CCNc1nc(C)cn1-c1cc(F)cc(F)c1. The minimum Gasteiger partial charge on any atom is -0.356 e. The maximum atomic E-state index is 13.1. The van der Waals surface area contributed by atoms with Crippen molar-refractivity contribution < 1.29 is 8.78 Å². The summed E-state index contributed by atoms with van der Waals surface area (Å²) >= 11 is 0. The van der Waals surface area contributed by atoms with Crippen LogP contribution in [0.25, 0.3) is 5.69 Å². The molecule has 17 heavy (non-hydrogen) atoms. The summed E-state index contributed by atoms with van der Waals surface area (Å²) in [6.07, 6.45) is 1.73. The van der Waals surface area contributed by atoms with Crippen LogP contribution in [0.1, 0.15) is 12.6 Å². The molecule has 0 atom stereocenters. The predicted molar refractivity (Wildman–Crippen MR) is 62.4 cm³/mol. The standard InChI is InChI=1S/C12H13F2N3/c1-3-15-12-16-8(2)7-17(12)11-5-9(13)4-10(14)6-11/h4-7H,3H2,1-2H3,(H,15,16). The van der Waals surface area contributed by atoms with Crippen LogP contribution in [-0.4, -0.2) is 16.1 Å². The van der Waals surface area contributed by atoms with E-state index in [1.165, 1.54) is 12.1 Å². The monoisotopic (exact) mass is 237 g/mol. The molecule has 1 heterocycles. The van der Waals surface area contributed by atoms with Gasteiger partial charge in [-0.25, -0.2) is 13.8 Å². The van der Waals surface area contributed by atoms with Crippen molar-refractivity contribution >= 4 is 5.95 Å². The zero-order chi connectivity index (χ0) is 12.4. The molecule has 5 heteroatoms. The Kier molecular flexibility index (Phi) is 3.08. The van der Waals surface area contributed by atoms with Crippen molar-refractivity contribution in [2.24, 2.45) is 0 Å². The molecule has 1 aromatic carbocycles. The minimum absolute atomic E-state index is 0.416. The van der Waals surface area contributed by atoms with Crippen LogP contribution in [0.3, 0.4) is 0 Å². The second kappa shape index (κ2) is 4.53. The van der Waals surface area contributed by atoms with E-state index in [-0.39, 0.29) is 0 Å². The molecule has 0 radical (unpaired) electrons. The van der Waals surface area contributed by atoms with Crippen molar-refractivity contribution in [3.8, 4) is 5.69 Å². The Morgan fingerprint density at radius 2 is 1.88 bits per heavy atom. The lowest BCUT2D eigenvalue weighted by atomic mass is 10.3. The Morgan fingerprint density at radius 1 is 1.24 bits per heavy atom. The van der Waals surface area contributed by atoms with Crippen molar-refractivity contribution in [2.45, 2.75) is 13.8 Å². The van der Waals surface area contributed by atoms with Gasteiger partial charge in [0.05, 0.1) is 11.4 Å². The van der Waals surface area contributed by atoms with Crippen LogP contribution in [0.2, 0.25) is 0 Å². The minimum atomic E-state index is -0.603. The number of rotatable bonds is 3. The van der Waals surface area contributed by atoms with Gasteiger partial charge in [-0.2, -0.15) is 0 Å². The number of benzene rings is 1. The van der Waals surface area contributed by atoms with E-state index in [4.69, 9.17) is 0 Å². The molecule has 3 nitrogen and oxygen atoms in total. The van der Waals surface area contributed by atoms with Gasteiger partial charge in [-0.1, -0.05) is 0 Å². The number of aryl methyl sites for hydroxylation is 1. The van der Waals surface area contributed by atoms with E-state index in [9.17, 15) is 8.78 Å². The average Bonchev–Trinajstić information content (AvgIpc) is 2.58. The molecular formula is C12H13F2N3. The molecule has 0 saturated carbocycles. The molecule has 0 unspecified atom stereocenters. The molecule has 2 rings (SSSR count). The Bertz CT molecular complexity index is 514. The lowest BCUT2D eigenvalue weighted by molar-refractivity contribution is 0.581. The third-order valence-electron chi connectivity index (χ3n) is 2.29. The summed E-state index contributed by atoms with van der Waals surface area (Å²) in [5.41, 5.74) is 1.20. The third kappa shape index (κ3) is 2.43. The topological polar surface area (TPSA) is 29.9 Å². The zero-order valence-corrected chi connectivity index (χ0v) is 9.67. The van der Waals surface area contributed by atoms with Crippen LogP contribution in [0.4, 0.5) is 14.7 Å². The third-order valence-corrected chi connectivity index (χ3v) is 2.29. The maximum Gasteiger partial charge on any atom is 0.207 e. The number of hydrogen-bond acceptors (Lipinski definition) is 2. The zero-order valence-electron chi connectivity index (χ0n) is 9.67. The van der Waals surface area contributed by atoms with Gasteiger partial charge in [0.25, 0.3) is 0 Å². The molecule has 0 aliphatic heterocycles. The molecule has 1 N–H and O–H groups in total. The number of nitrogens with one attached hydrogen (secondary N) is 1. The van der Waals surface area contributed by atoms with E-state index >= 15 is 0 Å². The quantitative estimate of drug-likeness (QED) is 0.889. The molecule has 0 aliphatic rings. The Hall–Kier alpha value is -1.91. The predicted octanol–water partition coefficient (Wildman–Crippen LogP) is 2.89. The largest absolute Gasteiger partial charge is 0.356 e. The first-order chi connectivity index (χ1) is 8.10. The van der Waals surface area contributed by atoms with Gasteiger partial charge in [0, 0.05) is 18.8 Å². The maximum absolute atomic E-state index is 13.1. The van der Waals surface area contributed by atoms with Crippen LogP contribution >= 0.6 is 0 Å². The van der Waals surface area contributed by atoms with E-state index < -0.39 is 11.6 Å². The summed E-state index contributed by atoms with van der Waals surface area (Å²) in [6, 6.07) is 3.39. The summed E-state index contributed by atoms with van der Waals surface area (Å²) in [4.78, 5) is 4.24. The Labute approximate surface area is 98.1 Å². The summed E-state index contributed by atoms with van der Waals surface area (Å²) in [5.74, 6) is -0.627. The number of halogens is 2. The van der Waals surface area contributed by atoms with E-state index in [1.807, 2.05) is 13.8 Å². The highest BCUT2D eigenvalue weighted by Gasteiger charge is 2.08. The van der Waals surface area contributed by atoms with E-state index in [0.29, 0.717) is 18.2 Å². The Morgan fingerprint density at radius 3 is 2.47 bits per heavy atom. The molecule has 0 aliphatic carbocycles. The number of hydrogen-bond donors (Lipinski definition) is 1. The second-order valence-electron chi connectivity index (χ2n) is 3.73. The van der Waals surface area contributed by atoms with E-state index in [1.54, 1.807) is 10.8 Å². The summed E-state index contributed by atoms with van der Waals surface area (Å²) in [7, 11) is 0. The molecule has 0 saturated heterocycles. The van der Waals surface area contributed by atoms with Crippen LogP contribution in [0, 0.1) is 18.6 Å². The van der Waals surface area contributed by atoms with Gasteiger partial charge < -0.3 is 5.32 Å². The molecule has 2 aromatic rings. The fourth-order valence-electron chi connectivity index (χ4n) is 1.66. The van der Waals surface area contributed by atoms with Crippen molar-refractivity contribution in [3.05, 3.63) is 41.7 Å². The number of imidazole rings is 1. The fourth-order valence-corrected chi connectivity index (χ4v) is 1.66. The van der Waals surface area contributed by atoms with Crippen molar-refractivity contribution in [1.29, 1.82) is 0 Å². The molecule has 0 spiro atoms.